The molecule has 6 heteroatoms. The molecule has 0 saturated carbocycles. The number of carbonyl (C=O) groups excluding carboxylic acids is 1. The molecule has 0 aliphatic carbocycles. The first kappa shape index (κ1) is 16.4. The van der Waals surface area contributed by atoms with Crippen LogP contribution in [0.5, 0.6) is 0 Å². The normalized spacial score (nSPS) is 24.5. The van der Waals surface area contributed by atoms with Crippen LogP contribution in [0.1, 0.15) is 33.1 Å². The molecule has 1 aliphatic heterocycles. The smallest absolute Gasteiger partial charge is 0.237 e. The van der Waals surface area contributed by atoms with Crippen molar-refractivity contribution in [1.82, 2.24) is 10.2 Å². The lowest BCUT2D eigenvalue weighted by Crippen LogP contribution is -2.52. The molecular weight excluding hydrogens is 264 g/mol. The van der Waals surface area contributed by atoms with E-state index in [9.17, 15) is 13.2 Å². The highest BCUT2D eigenvalue weighted by molar-refractivity contribution is 7.91. The average Bonchev–Trinajstić information content (AvgIpc) is 2.34. The Morgan fingerprint density at radius 3 is 2.58 bits per heavy atom. The Morgan fingerprint density at radius 2 is 2.05 bits per heavy atom. The van der Waals surface area contributed by atoms with Gasteiger partial charge in [0.05, 0.1) is 0 Å². The molecule has 0 aromatic heterocycles. The summed E-state index contributed by atoms with van der Waals surface area (Å²) < 4.78 is 22.4. The number of piperidine rings is 1. The van der Waals surface area contributed by atoms with Crippen molar-refractivity contribution in [1.29, 1.82) is 0 Å². The molecule has 1 fully saturated rings. The topological polar surface area (TPSA) is 66.5 Å². The first-order valence-corrected chi connectivity index (χ1v) is 9.12. The fourth-order valence-corrected chi connectivity index (χ4v) is 3.22. The molecule has 5 nitrogen and oxygen atoms in total. The Bertz CT molecular complexity index is 395. The molecule has 1 aliphatic rings. The van der Waals surface area contributed by atoms with Gasteiger partial charge in [-0.15, -0.1) is 0 Å². The summed E-state index contributed by atoms with van der Waals surface area (Å²) in [6.45, 7) is 6.59. The van der Waals surface area contributed by atoms with Gasteiger partial charge in [0, 0.05) is 25.4 Å². The molecule has 0 spiro atoms. The minimum atomic E-state index is -3.23. The second-order valence-electron chi connectivity index (χ2n) is 5.43. The van der Waals surface area contributed by atoms with E-state index in [-0.39, 0.29) is 11.7 Å². The fourth-order valence-electron chi connectivity index (χ4n) is 2.59. The predicted molar refractivity (Wildman–Crippen MR) is 76.8 cm³/mol. The summed E-state index contributed by atoms with van der Waals surface area (Å²) in [5.74, 6) is -0.199. The van der Waals surface area contributed by atoms with Gasteiger partial charge in [-0.25, -0.2) is 8.42 Å². The van der Waals surface area contributed by atoms with E-state index in [0.29, 0.717) is 25.0 Å². The Kier molecular flexibility index (Phi) is 6.26. The van der Waals surface area contributed by atoms with Crippen molar-refractivity contribution in [3.05, 3.63) is 0 Å². The molecule has 2 atom stereocenters. The molecule has 2 unspecified atom stereocenters. The number of sulfone groups is 1. The molecule has 19 heavy (non-hydrogen) atoms. The Hall–Kier alpha value is -0.620. The largest absolute Gasteiger partial charge is 0.341 e. The van der Waals surface area contributed by atoms with Crippen LogP contribution in [-0.4, -0.2) is 56.9 Å². The van der Waals surface area contributed by atoms with Crippen molar-refractivity contribution >= 4 is 15.7 Å². The van der Waals surface area contributed by atoms with Gasteiger partial charge < -0.3 is 10.2 Å². The van der Waals surface area contributed by atoms with E-state index in [1.165, 1.54) is 0 Å². The van der Waals surface area contributed by atoms with Gasteiger partial charge in [0.15, 0.2) is 9.84 Å². The third kappa shape index (κ3) is 5.48. The van der Waals surface area contributed by atoms with Crippen molar-refractivity contribution < 1.29 is 13.2 Å². The third-order valence-corrected chi connectivity index (χ3v) is 4.42. The molecule has 1 N–H and O–H groups in total. The maximum Gasteiger partial charge on any atom is 0.237 e. The van der Waals surface area contributed by atoms with Gasteiger partial charge in [-0.2, -0.15) is 0 Å². The number of hydrogen-bond donors (Lipinski definition) is 1. The molecule has 1 rings (SSSR count). The number of nitrogens with one attached hydrogen (secondary N) is 1. The first-order chi connectivity index (χ1) is 8.87. The van der Waals surface area contributed by atoms with Gasteiger partial charge in [0.2, 0.25) is 5.91 Å². The summed E-state index contributed by atoms with van der Waals surface area (Å²) in [6, 6.07) is 0.451. The van der Waals surface area contributed by atoms with Gasteiger partial charge in [-0.1, -0.05) is 20.3 Å². The van der Waals surface area contributed by atoms with Gasteiger partial charge in [0.1, 0.15) is 5.75 Å². The van der Waals surface area contributed by atoms with E-state index >= 15 is 0 Å². The monoisotopic (exact) mass is 290 g/mol. The Balaban J connectivity index is 2.56. The average molecular weight is 290 g/mol. The second kappa shape index (κ2) is 7.24. The van der Waals surface area contributed by atoms with Crippen molar-refractivity contribution in [2.24, 2.45) is 5.92 Å². The molecular formula is C13H26N2O3S. The first-order valence-electron chi connectivity index (χ1n) is 7.06. The lowest BCUT2D eigenvalue weighted by atomic mass is 9.90. The number of nitrogens with zero attached hydrogens (tertiary/aromatic N) is 1. The number of likely N-dealkylation sites (tertiary alicyclic amines) is 1. The highest BCUT2D eigenvalue weighted by Gasteiger charge is 2.30. The SMILES string of the molecule is CCCNC1CCN(C(=O)CS(C)(=O)=O)CC1CC. The van der Waals surface area contributed by atoms with Gasteiger partial charge in [0.25, 0.3) is 0 Å². The van der Waals surface area contributed by atoms with Crippen LogP contribution in [0.25, 0.3) is 0 Å². The molecule has 0 aromatic carbocycles. The Morgan fingerprint density at radius 1 is 1.37 bits per heavy atom. The summed E-state index contributed by atoms with van der Waals surface area (Å²) >= 11 is 0. The summed E-state index contributed by atoms with van der Waals surface area (Å²) in [6.07, 6.45) is 4.12. The van der Waals surface area contributed by atoms with Crippen LogP contribution in [0, 0.1) is 5.92 Å². The van der Waals surface area contributed by atoms with Crippen LogP contribution in [-0.2, 0) is 14.6 Å². The number of amides is 1. The highest BCUT2D eigenvalue weighted by Crippen LogP contribution is 2.20. The van der Waals surface area contributed by atoms with E-state index in [0.717, 1.165) is 32.1 Å². The van der Waals surface area contributed by atoms with Crippen molar-refractivity contribution in [3.63, 3.8) is 0 Å². The molecule has 112 valence electrons. The lowest BCUT2D eigenvalue weighted by Gasteiger charge is -2.38. The van der Waals surface area contributed by atoms with Crippen molar-refractivity contribution in [2.45, 2.75) is 39.2 Å². The molecule has 1 heterocycles. The minimum absolute atomic E-state index is 0.255. The van der Waals surface area contributed by atoms with E-state index in [1.54, 1.807) is 4.90 Å². The maximum atomic E-state index is 11.9. The van der Waals surface area contributed by atoms with E-state index in [2.05, 4.69) is 19.2 Å². The van der Waals surface area contributed by atoms with Crippen LogP contribution >= 0.6 is 0 Å². The number of hydrogen-bond acceptors (Lipinski definition) is 4. The van der Waals surface area contributed by atoms with Crippen molar-refractivity contribution in [3.8, 4) is 0 Å². The van der Waals surface area contributed by atoms with E-state index in [1.807, 2.05) is 0 Å². The van der Waals surface area contributed by atoms with Gasteiger partial charge >= 0.3 is 0 Å². The quantitative estimate of drug-likeness (QED) is 0.780. The molecule has 0 aromatic rings. The third-order valence-electron chi connectivity index (χ3n) is 3.65. The number of carbonyl (C=O) groups is 1. The van der Waals surface area contributed by atoms with Gasteiger partial charge in [-0.05, 0) is 25.3 Å². The van der Waals surface area contributed by atoms with Gasteiger partial charge in [-0.3, -0.25) is 4.79 Å². The zero-order chi connectivity index (χ0) is 14.5. The zero-order valence-electron chi connectivity index (χ0n) is 12.2. The summed E-state index contributed by atoms with van der Waals surface area (Å²) in [5.41, 5.74) is 0. The summed E-state index contributed by atoms with van der Waals surface area (Å²) in [7, 11) is -3.23. The van der Waals surface area contributed by atoms with E-state index in [4.69, 9.17) is 0 Å². The zero-order valence-corrected chi connectivity index (χ0v) is 13.0. The van der Waals surface area contributed by atoms with Crippen LogP contribution in [0.4, 0.5) is 0 Å². The van der Waals surface area contributed by atoms with Crippen LogP contribution < -0.4 is 5.32 Å². The number of rotatable bonds is 6. The second-order valence-corrected chi connectivity index (χ2v) is 7.57. The summed E-state index contributed by atoms with van der Waals surface area (Å²) in [5, 5.41) is 3.52. The van der Waals surface area contributed by atoms with E-state index < -0.39 is 9.84 Å². The van der Waals surface area contributed by atoms with Crippen molar-refractivity contribution in [2.75, 3.05) is 31.6 Å². The predicted octanol–water partition coefficient (Wildman–Crippen LogP) is 0.658. The molecule has 1 saturated heterocycles. The van der Waals surface area contributed by atoms with Crippen LogP contribution in [0.2, 0.25) is 0 Å². The summed E-state index contributed by atoms with van der Waals surface area (Å²) in [4.78, 5) is 13.6. The minimum Gasteiger partial charge on any atom is -0.341 e. The fraction of sp³-hybridized carbons (Fsp3) is 0.923. The Labute approximate surface area is 116 Å². The molecule has 1 amide bonds. The maximum absolute atomic E-state index is 11.9. The standard InChI is InChI=1S/C13H26N2O3S/c1-4-7-14-12-6-8-15(9-11(12)5-2)13(16)10-19(3,17)18/h11-12,14H,4-10H2,1-3H3. The molecule has 0 bridgehead atoms. The van der Waals surface area contributed by atoms with Crippen LogP contribution in [0.15, 0.2) is 0 Å². The highest BCUT2D eigenvalue weighted by atomic mass is 32.2. The molecule has 0 radical (unpaired) electrons. The lowest BCUT2D eigenvalue weighted by molar-refractivity contribution is -0.130. The van der Waals surface area contributed by atoms with Crippen LogP contribution in [0.3, 0.4) is 0 Å².